The molecule has 0 aromatic heterocycles. The lowest BCUT2D eigenvalue weighted by atomic mass is 9.97. The fourth-order valence-electron chi connectivity index (χ4n) is 3.17. The molecule has 0 saturated carbocycles. The lowest BCUT2D eigenvalue weighted by molar-refractivity contribution is 1.20. The highest BCUT2D eigenvalue weighted by Crippen LogP contribution is 2.29. The van der Waals surface area contributed by atoms with E-state index in [4.69, 9.17) is 0 Å². The van der Waals surface area contributed by atoms with Gasteiger partial charge in [-0.15, -0.1) is 0 Å². The minimum absolute atomic E-state index is 0.961. The Balaban J connectivity index is 2.22. The highest BCUT2D eigenvalue weighted by Gasteiger charge is 2.12. The Hall–Kier alpha value is -3.58. The second-order valence-electron chi connectivity index (χ2n) is 7.01. The average molecular weight is 378 g/mol. The largest absolute Gasteiger partial charge is 0.317 e. The molecule has 29 heavy (non-hydrogen) atoms. The van der Waals surface area contributed by atoms with E-state index >= 15 is 0 Å². The summed E-state index contributed by atoms with van der Waals surface area (Å²) < 4.78 is 0. The quantitative estimate of drug-likeness (QED) is 0.386. The van der Waals surface area contributed by atoms with Crippen molar-refractivity contribution in [2.75, 3.05) is 4.90 Å². The molecular weight excluding hydrogens is 350 g/mol. The number of hydrogen-bond donors (Lipinski definition) is 0. The van der Waals surface area contributed by atoms with E-state index in [1.54, 1.807) is 6.08 Å². The molecule has 0 amide bonds. The van der Waals surface area contributed by atoms with Gasteiger partial charge in [-0.2, -0.15) is 0 Å². The number of rotatable bonds is 7. The first kappa shape index (κ1) is 20.2. The maximum atomic E-state index is 4.02. The SMILES string of the molecule is C=C/C=C(\C=C)N(C=C(c1ccc(C)cc1)c1ccc(C)cc1)c1ccccc1. The van der Waals surface area contributed by atoms with Crippen LogP contribution in [0.15, 0.2) is 122 Å². The average Bonchev–Trinajstić information content (AvgIpc) is 2.76. The van der Waals surface area contributed by atoms with Gasteiger partial charge in [0.1, 0.15) is 0 Å². The molecule has 1 nitrogen and oxygen atoms in total. The zero-order chi connectivity index (χ0) is 20.6. The summed E-state index contributed by atoms with van der Waals surface area (Å²) in [5.41, 5.74) is 8.00. The van der Waals surface area contributed by atoms with Crippen molar-refractivity contribution < 1.29 is 0 Å². The first-order valence-electron chi connectivity index (χ1n) is 9.77. The highest BCUT2D eigenvalue weighted by atomic mass is 15.1. The summed E-state index contributed by atoms with van der Waals surface area (Å²) in [6.45, 7) is 12.1. The molecule has 0 aliphatic carbocycles. The lowest BCUT2D eigenvalue weighted by Crippen LogP contribution is -2.15. The van der Waals surface area contributed by atoms with Crippen LogP contribution in [0.5, 0.6) is 0 Å². The summed E-state index contributed by atoms with van der Waals surface area (Å²) >= 11 is 0. The van der Waals surface area contributed by atoms with Crippen molar-refractivity contribution in [3.63, 3.8) is 0 Å². The van der Waals surface area contributed by atoms with Crippen molar-refractivity contribution in [3.8, 4) is 0 Å². The molecule has 0 radical (unpaired) electrons. The molecule has 0 aliphatic rings. The molecule has 0 spiro atoms. The first-order valence-corrected chi connectivity index (χ1v) is 9.77. The molecule has 1 heteroatoms. The molecular formula is C28H27N. The zero-order valence-electron chi connectivity index (χ0n) is 17.2. The van der Waals surface area contributed by atoms with Gasteiger partial charge in [-0.05, 0) is 49.3 Å². The monoisotopic (exact) mass is 377 g/mol. The Morgan fingerprint density at radius 1 is 0.724 bits per heavy atom. The van der Waals surface area contributed by atoms with E-state index in [-0.39, 0.29) is 0 Å². The second kappa shape index (κ2) is 9.57. The van der Waals surface area contributed by atoms with E-state index < -0.39 is 0 Å². The number of nitrogens with zero attached hydrogens (tertiary/aromatic N) is 1. The summed E-state index contributed by atoms with van der Waals surface area (Å²) in [4.78, 5) is 2.16. The van der Waals surface area contributed by atoms with Gasteiger partial charge in [0, 0.05) is 23.2 Å². The Morgan fingerprint density at radius 2 is 1.24 bits per heavy atom. The van der Waals surface area contributed by atoms with Crippen molar-refractivity contribution >= 4 is 11.3 Å². The predicted octanol–water partition coefficient (Wildman–Crippen LogP) is 7.46. The van der Waals surface area contributed by atoms with Crippen LogP contribution in [0.4, 0.5) is 5.69 Å². The van der Waals surface area contributed by atoms with Crippen molar-refractivity contribution in [2.24, 2.45) is 0 Å². The van der Waals surface area contributed by atoms with Crippen molar-refractivity contribution in [1.29, 1.82) is 0 Å². The third-order valence-corrected chi connectivity index (χ3v) is 4.79. The van der Waals surface area contributed by atoms with Gasteiger partial charge < -0.3 is 4.90 Å². The number of hydrogen-bond acceptors (Lipinski definition) is 1. The van der Waals surface area contributed by atoms with E-state index in [0.717, 1.165) is 17.0 Å². The number of para-hydroxylation sites is 1. The van der Waals surface area contributed by atoms with E-state index in [0.29, 0.717) is 0 Å². The van der Waals surface area contributed by atoms with Crippen LogP contribution in [0.1, 0.15) is 22.3 Å². The Morgan fingerprint density at radius 3 is 1.69 bits per heavy atom. The maximum absolute atomic E-state index is 4.02. The lowest BCUT2D eigenvalue weighted by Gasteiger charge is -2.24. The van der Waals surface area contributed by atoms with Crippen LogP contribution < -0.4 is 4.90 Å². The van der Waals surface area contributed by atoms with Crippen LogP contribution in [0.2, 0.25) is 0 Å². The normalized spacial score (nSPS) is 10.9. The van der Waals surface area contributed by atoms with E-state index in [1.807, 2.05) is 30.4 Å². The first-order chi connectivity index (χ1) is 14.1. The van der Waals surface area contributed by atoms with Crippen molar-refractivity contribution in [1.82, 2.24) is 0 Å². The standard InChI is InChI=1S/C28H27N/c1-5-10-26(6-2)29(27-11-8-7-9-12-27)21-28(24-17-13-22(3)14-18-24)25-19-15-23(4)16-20-25/h5-21H,1-2H2,3-4H3/b26-10+. The van der Waals surface area contributed by atoms with Crippen molar-refractivity contribution in [2.45, 2.75) is 13.8 Å². The molecule has 0 N–H and O–H groups in total. The third kappa shape index (κ3) is 5.03. The second-order valence-corrected chi connectivity index (χ2v) is 7.01. The Labute approximate surface area is 174 Å². The minimum Gasteiger partial charge on any atom is -0.317 e. The summed E-state index contributed by atoms with van der Waals surface area (Å²) in [5, 5.41) is 0. The van der Waals surface area contributed by atoms with Crippen LogP contribution in [0.3, 0.4) is 0 Å². The topological polar surface area (TPSA) is 3.24 Å². The third-order valence-electron chi connectivity index (χ3n) is 4.79. The van der Waals surface area contributed by atoms with Gasteiger partial charge in [-0.1, -0.05) is 97.1 Å². The van der Waals surface area contributed by atoms with Crippen LogP contribution in [0, 0.1) is 13.8 Å². The van der Waals surface area contributed by atoms with Crippen LogP contribution in [-0.4, -0.2) is 0 Å². The van der Waals surface area contributed by atoms with Crippen LogP contribution in [0.25, 0.3) is 5.57 Å². The fraction of sp³-hybridized carbons (Fsp3) is 0.0714. The number of allylic oxidation sites excluding steroid dienone is 3. The van der Waals surface area contributed by atoms with Crippen molar-refractivity contribution in [3.05, 3.63) is 144 Å². The highest BCUT2D eigenvalue weighted by molar-refractivity contribution is 5.82. The van der Waals surface area contributed by atoms with Gasteiger partial charge in [0.2, 0.25) is 0 Å². The van der Waals surface area contributed by atoms with Gasteiger partial charge in [0.25, 0.3) is 0 Å². The summed E-state index contributed by atoms with van der Waals surface area (Å²) in [5.74, 6) is 0. The number of aryl methyl sites for hydroxylation is 2. The smallest absolute Gasteiger partial charge is 0.0455 e. The van der Waals surface area contributed by atoms with Gasteiger partial charge in [-0.3, -0.25) is 0 Å². The van der Waals surface area contributed by atoms with Gasteiger partial charge in [0.15, 0.2) is 0 Å². The molecule has 0 fully saturated rings. The van der Waals surface area contributed by atoms with Crippen LogP contribution in [-0.2, 0) is 0 Å². The summed E-state index contributed by atoms with van der Waals surface area (Å²) in [6, 6.07) is 27.6. The van der Waals surface area contributed by atoms with Gasteiger partial charge in [0.05, 0.1) is 0 Å². The minimum atomic E-state index is 0.961. The van der Waals surface area contributed by atoms with E-state index in [2.05, 4.69) is 98.8 Å². The van der Waals surface area contributed by atoms with E-state index in [9.17, 15) is 0 Å². The zero-order valence-corrected chi connectivity index (χ0v) is 17.2. The molecule has 3 aromatic carbocycles. The maximum Gasteiger partial charge on any atom is 0.0455 e. The molecule has 0 atom stereocenters. The number of anilines is 1. The fourth-order valence-corrected chi connectivity index (χ4v) is 3.17. The molecule has 0 heterocycles. The Kier molecular flexibility index (Phi) is 6.65. The molecule has 0 bridgehead atoms. The molecule has 0 saturated heterocycles. The van der Waals surface area contributed by atoms with E-state index in [1.165, 1.54) is 22.3 Å². The van der Waals surface area contributed by atoms with Crippen LogP contribution >= 0.6 is 0 Å². The predicted molar refractivity (Wildman–Crippen MR) is 127 cm³/mol. The van der Waals surface area contributed by atoms with Gasteiger partial charge in [-0.25, -0.2) is 0 Å². The molecule has 0 unspecified atom stereocenters. The Bertz CT molecular complexity index is 972. The molecule has 3 rings (SSSR count). The summed E-state index contributed by atoms with van der Waals surface area (Å²) in [6.07, 6.45) is 7.80. The molecule has 3 aromatic rings. The summed E-state index contributed by atoms with van der Waals surface area (Å²) in [7, 11) is 0. The molecule has 144 valence electrons. The van der Waals surface area contributed by atoms with Gasteiger partial charge >= 0.3 is 0 Å². The number of benzene rings is 3. The molecule has 0 aliphatic heterocycles.